The van der Waals surface area contributed by atoms with Crippen LogP contribution in [-0.4, -0.2) is 35.6 Å². The Labute approximate surface area is 130 Å². The molecule has 1 aromatic heterocycles. The van der Waals surface area contributed by atoms with Crippen molar-refractivity contribution in [3.05, 3.63) is 11.3 Å². The van der Waals surface area contributed by atoms with Crippen LogP contribution >= 0.6 is 11.5 Å². The van der Waals surface area contributed by atoms with E-state index in [1.165, 1.54) is 30.8 Å². The fourth-order valence-corrected chi connectivity index (χ4v) is 3.96. The molecule has 0 aromatic carbocycles. The van der Waals surface area contributed by atoms with Gasteiger partial charge >= 0.3 is 0 Å². The highest BCUT2D eigenvalue weighted by Crippen LogP contribution is 2.38. The Hall–Kier alpha value is -1.14. The van der Waals surface area contributed by atoms with E-state index in [2.05, 4.69) is 15.0 Å². The zero-order chi connectivity index (χ0) is 15.3. The van der Waals surface area contributed by atoms with Crippen molar-refractivity contribution in [3.8, 4) is 0 Å². The van der Waals surface area contributed by atoms with Crippen LogP contribution in [0.3, 0.4) is 0 Å². The molecule has 0 unspecified atom stereocenters. The number of amides is 1. The summed E-state index contributed by atoms with van der Waals surface area (Å²) in [5.41, 5.74) is 1.49. The molecule has 0 aliphatic heterocycles. The Morgan fingerprint density at radius 3 is 2.71 bits per heavy atom. The number of aliphatic hydroxyl groups excluding tert-OH is 1. The molecule has 1 aromatic rings. The first kappa shape index (κ1) is 16.2. The van der Waals surface area contributed by atoms with E-state index < -0.39 is 0 Å². The van der Waals surface area contributed by atoms with E-state index in [9.17, 15) is 9.90 Å². The first-order valence-corrected chi connectivity index (χ1v) is 8.42. The molecule has 3 N–H and O–H groups in total. The van der Waals surface area contributed by atoms with Crippen LogP contribution in [0.5, 0.6) is 0 Å². The van der Waals surface area contributed by atoms with Gasteiger partial charge in [0.1, 0.15) is 5.00 Å². The number of aryl methyl sites for hydroxylation is 1. The third-order valence-corrected chi connectivity index (χ3v) is 5.45. The predicted octanol–water partition coefficient (Wildman–Crippen LogP) is 2.56. The maximum absolute atomic E-state index is 12.4. The van der Waals surface area contributed by atoms with Crippen molar-refractivity contribution in [2.45, 2.75) is 45.4 Å². The Morgan fingerprint density at radius 1 is 1.38 bits per heavy atom. The fourth-order valence-electron chi connectivity index (χ4n) is 3.22. The van der Waals surface area contributed by atoms with E-state index in [-0.39, 0.29) is 17.9 Å². The number of rotatable bonds is 6. The molecule has 118 valence electrons. The molecule has 1 saturated carbocycles. The van der Waals surface area contributed by atoms with E-state index in [1.807, 2.05) is 6.92 Å². The van der Waals surface area contributed by atoms with Crippen LogP contribution in [0.15, 0.2) is 0 Å². The van der Waals surface area contributed by atoms with Gasteiger partial charge in [-0.25, -0.2) is 0 Å². The average Bonchev–Trinajstić information content (AvgIpc) is 2.87. The molecule has 1 heterocycles. The van der Waals surface area contributed by atoms with Crippen molar-refractivity contribution in [3.63, 3.8) is 0 Å². The SMILES string of the molecule is CNc1snc(C)c1C(=O)NCC1(CCO)CCCCC1. The van der Waals surface area contributed by atoms with Crippen molar-refractivity contribution in [1.29, 1.82) is 0 Å². The molecule has 1 aliphatic rings. The van der Waals surface area contributed by atoms with Gasteiger partial charge in [-0.2, -0.15) is 4.37 Å². The molecular weight excluding hydrogens is 286 g/mol. The third kappa shape index (κ3) is 3.74. The van der Waals surface area contributed by atoms with Gasteiger partial charge in [0.15, 0.2) is 0 Å². The van der Waals surface area contributed by atoms with Crippen molar-refractivity contribution < 1.29 is 9.90 Å². The summed E-state index contributed by atoms with van der Waals surface area (Å²) in [6.07, 6.45) is 6.60. The molecule has 0 saturated heterocycles. The summed E-state index contributed by atoms with van der Waals surface area (Å²) in [5, 5.41) is 16.2. The number of anilines is 1. The molecule has 0 spiro atoms. The standard InChI is InChI=1S/C15H25N3O2S/c1-11-12(14(16-2)21-18-11)13(20)17-10-15(8-9-19)6-4-3-5-7-15/h16,19H,3-10H2,1-2H3,(H,17,20). The number of hydrogen-bond acceptors (Lipinski definition) is 5. The largest absolute Gasteiger partial charge is 0.396 e. The van der Waals surface area contributed by atoms with Crippen LogP contribution in [-0.2, 0) is 0 Å². The topological polar surface area (TPSA) is 74.2 Å². The molecule has 0 radical (unpaired) electrons. The van der Waals surface area contributed by atoms with Crippen molar-refractivity contribution in [1.82, 2.24) is 9.69 Å². The molecule has 0 atom stereocenters. The lowest BCUT2D eigenvalue weighted by Crippen LogP contribution is -2.39. The summed E-state index contributed by atoms with van der Waals surface area (Å²) in [6, 6.07) is 0. The van der Waals surface area contributed by atoms with Gasteiger partial charge in [0.25, 0.3) is 5.91 Å². The Kier molecular flexibility index (Phi) is 5.58. The van der Waals surface area contributed by atoms with Gasteiger partial charge in [-0.3, -0.25) is 4.79 Å². The number of aromatic nitrogens is 1. The number of carbonyl (C=O) groups is 1. The normalized spacial score (nSPS) is 17.5. The Morgan fingerprint density at radius 2 is 2.10 bits per heavy atom. The van der Waals surface area contributed by atoms with E-state index in [4.69, 9.17) is 0 Å². The minimum absolute atomic E-state index is 0.0616. The van der Waals surface area contributed by atoms with Crippen molar-refractivity contribution in [2.75, 3.05) is 25.5 Å². The summed E-state index contributed by atoms with van der Waals surface area (Å²) < 4.78 is 4.24. The van der Waals surface area contributed by atoms with Crippen molar-refractivity contribution in [2.24, 2.45) is 5.41 Å². The van der Waals surface area contributed by atoms with Gasteiger partial charge in [0.05, 0.1) is 11.3 Å². The number of nitrogens with one attached hydrogen (secondary N) is 2. The first-order chi connectivity index (χ1) is 10.1. The molecule has 6 heteroatoms. The molecule has 1 fully saturated rings. The molecule has 0 bridgehead atoms. The minimum atomic E-state index is -0.0616. The monoisotopic (exact) mass is 311 g/mol. The molecule has 1 aliphatic carbocycles. The number of nitrogens with zero attached hydrogens (tertiary/aromatic N) is 1. The minimum Gasteiger partial charge on any atom is -0.396 e. The van der Waals surface area contributed by atoms with Gasteiger partial charge in [-0.1, -0.05) is 19.3 Å². The van der Waals surface area contributed by atoms with Gasteiger partial charge in [-0.05, 0) is 43.1 Å². The summed E-state index contributed by atoms with van der Waals surface area (Å²) in [4.78, 5) is 12.4. The molecule has 2 rings (SSSR count). The Bertz CT molecular complexity index is 476. The van der Waals surface area contributed by atoms with Crippen LogP contribution in [0, 0.1) is 12.3 Å². The lowest BCUT2D eigenvalue weighted by atomic mass is 9.72. The van der Waals surface area contributed by atoms with E-state index in [0.717, 1.165) is 30.0 Å². The van der Waals surface area contributed by atoms with Gasteiger partial charge in [-0.15, -0.1) is 0 Å². The van der Waals surface area contributed by atoms with Crippen LogP contribution in [0.1, 0.15) is 54.6 Å². The van der Waals surface area contributed by atoms with Gasteiger partial charge < -0.3 is 15.7 Å². The third-order valence-electron chi connectivity index (χ3n) is 4.50. The van der Waals surface area contributed by atoms with Crippen LogP contribution < -0.4 is 10.6 Å². The van der Waals surface area contributed by atoms with E-state index in [1.54, 1.807) is 7.05 Å². The average molecular weight is 311 g/mol. The number of carbonyl (C=O) groups excluding carboxylic acids is 1. The highest BCUT2D eigenvalue weighted by Gasteiger charge is 2.32. The van der Waals surface area contributed by atoms with Crippen LogP contribution in [0.25, 0.3) is 0 Å². The summed E-state index contributed by atoms with van der Waals surface area (Å²) >= 11 is 1.31. The zero-order valence-electron chi connectivity index (χ0n) is 12.9. The maximum atomic E-state index is 12.4. The summed E-state index contributed by atoms with van der Waals surface area (Å²) in [7, 11) is 1.80. The maximum Gasteiger partial charge on any atom is 0.256 e. The first-order valence-electron chi connectivity index (χ1n) is 7.65. The quantitative estimate of drug-likeness (QED) is 0.755. The zero-order valence-corrected chi connectivity index (χ0v) is 13.7. The van der Waals surface area contributed by atoms with Crippen molar-refractivity contribution >= 4 is 22.4 Å². The van der Waals surface area contributed by atoms with Gasteiger partial charge in [0, 0.05) is 20.2 Å². The molecule has 5 nitrogen and oxygen atoms in total. The smallest absolute Gasteiger partial charge is 0.256 e. The molecule has 1 amide bonds. The Balaban J connectivity index is 2.03. The number of aliphatic hydroxyl groups is 1. The second-order valence-electron chi connectivity index (χ2n) is 5.94. The van der Waals surface area contributed by atoms with Gasteiger partial charge in [0.2, 0.25) is 0 Å². The van der Waals surface area contributed by atoms with Crippen LogP contribution in [0.4, 0.5) is 5.00 Å². The lowest BCUT2D eigenvalue weighted by Gasteiger charge is -2.37. The molecular formula is C15H25N3O2S. The van der Waals surface area contributed by atoms with Crippen LogP contribution in [0.2, 0.25) is 0 Å². The summed E-state index contributed by atoms with van der Waals surface area (Å²) in [6.45, 7) is 2.69. The van der Waals surface area contributed by atoms with E-state index in [0.29, 0.717) is 12.1 Å². The second-order valence-corrected chi connectivity index (χ2v) is 6.71. The predicted molar refractivity (Wildman–Crippen MR) is 86.0 cm³/mol. The highest BCUT2D eigenvalue weighted by molar-refractivity contribution is 7.10. The second kappa shape index (κ2) is 7.22. The van der Waals surface area contributed by atoms with E-state index >= 15 is 0 Å². The summed E-state index contributed by atoms with van der Waals surface area (Å²) in [5.74, 6) is -0.0616. The molecule has 21 heavy (non-hydrogen) atoms. The highest BCUT2D eigenvalue weighted by atomic mass is 32.1. The fraction of sp³-hybridized carbons (Fsp3) is 0.733. The lowest BCUT2D eigenvalue weighted by molar-refractivity contribution is 0.0869. The number of hydrogen-bond donors (Lipinski definition) is 3.